The highest BCUT2D eigenvalue weighted by atomic mass is 15.2. The standard InChI is InChI=1S/C52H42N8/c1-7-10-16-32-23-39-38(21-30(32)4)29-59(5)50(39)56-48-43-25-33(15-8-2)31(9-3)22-42(43)49(55-48)58-52-45-28-37-20-14-13-19-36(37)27-44(45)51(60(52)6)57-47-41-26-35-18-12-11-17-34(35)24-40(41)46(53)54-47/h1,8,10-28H,9,29H2,2-6H3,(H2,53,54,57)/b15-8-,16-10-,56-50?,58-49-. The van der Waals surface area contributed by atoms with Crippen LogP contribution in [0.15, 0.2) is 134 Å². The lowest BCUT2D eigenvalue weighted by molar-refractivity contribution is 0.524. The third-order valence-electron chi connectivity index (χ3n) is 11.8. The molecule has 290 valence electrons. The molecule has 8 nitrogen and oxygen atoms in total. The van der Waals surface area contributed by atoms with Crippen LogP contribution in [0.3, 0.4) is 0 Å². The molecular weight excluding hydrogens is 737 g/mol. The lowest BCUT2D eigenvalue weighted by atomic mass is 9.96. The molecule has 0 radical (unpaired) electrons. The van der Waals surface area contributed by atoms with Crippen LogP contribution in [-0.2, 0) is 20.0 Å². The largest absolute Gasteiger partial charge is 0.383 e. The van der Waals surface area contributed by atoms with Crippen molar-refractivity contribution >= 4 is 85.3 Å². The van der Waals surface area contributed by atoms with Crippen LogP contribution in [0.5, 0.6) is 0 Å². The van der Waals surface area contributed by atoms with E-state index in [0.29, 0.717) is 23.3 Å². The number of aliphatic imine (C=N–C) groups is 5. The van der Waals surface area contributed by atoms with Gasteiger partial charge in [0.25, 0.3) is 0 Å². The fourth-order valence-corrected chi connectivity index (χ4v) is 8.79. The van der Waals surface area contributed by atoms with Gasteiger partial charge in [-0.3, -0.25) is 0 Å². The summed E-state index contributed by atoms with van der Waals surface area (Å²) >= 11 is 0. The highest BCUT2D eigenvalue weighted by molar-refractivity contribution is 6.27. The molecule has 2 N–H and O–H groups in total. The first-order valence-electron chi connectivity index (χ1n) is 20.2. The summed E-state index contributed by atoms with van der Waals surface area (Å²) < 4.78 is 2.05. The third-order valence-corrected chi connectivity index (χ3v) is 11.8. The van der Waals surface area contributed by atoms with Crippen molar-refractivity contribution in [2.75, 3.05) is 7.05 Å². The summed E-state index contributed by atoms with van der Waals surface area (Å²) in [5.74, 6) is 7.21. The number of fused-ring (bicyclic) bond motifs is 6. The van der Waals surface area contributed by atoms with Gasteiger partial charge >= 0.3 is 0 Å². The van der Waals surface area contributed by atoms with Crippen molar-refractivity contribution < 1.29 is 0 Å². The quantitative estimate of drug-likeness (QED) is 0.176. The van der Waals surface area contributed by atoms with E-state index in [9.17, 15) is 0 Å². The normalized spacial score (nSPS) is 16.6. The van der Waals surface area contributed by atoms with Crippen molar-refractivity contribution in [2.24, 2.45) is 37.7 Å². The molecule has 0 saturated heterocycles. The van der Waals surface area contributed by atoms with E-state index >= 15 is 0 Å². The van der Waals surface area contributed by atoms with Gasteiger partial charge in [0.1, 0.15) is 23.3 Å². The maximum Gasteiger partial charge on any atom is 0.164 e. The van der Waals surface area contributed by atoms with Gasteiger partial charge in [-0.15, -0.1) is 6.42 Å². The summed E-state index contributed by atoms with van der Waals surface area (Å²) in [6, 6.07) is 34.1. The molecule has 0 unspecified atom stereocenters. The van der Waals surface area contributed by atoms with E-state index < -0.39 is 0 Å². The van der Waals surface area contributed by atoms with E-state index in [1.807, 2.05) is 32.2 Å². The first kappa shape index (κ1) is 36.7. The number of hydrogen-bond donors (Lipinski definition) is 1. The Hall–Kier alpha value is -7.63. The van der Waals surface area contributed by atoms with Crippen LogP contribution in [0.1, 0.15) is 69.5 Å². The Bertz CT molecular complexity index is 3280. The van der Waals surface area contributed by atoms with E-state index in [2.05, 4.69) is 133 Å². The average Bonchev–Trinajstić information content (AvgIpc) is 3.93. The first-order chi connectivity index (χ1) is 29.2. The highest BCUT2D eigenvalue weighted by Crippen LogP contribution is 2.42. The minimum absolute atomic E-state index is 0.458. The molecule has 0 saturated carbocycles. The van der Waals surface area contributed by atoms with Crippen molar-refractivity contribution in [2.45, 2.75) is 33.7 Å². The molecular formula is C52H42N8. The molecule has 10 rings (SSSR count). The van der Waals surface area contributed by atoms with Crippen LogP contribution in [-0.4, -0.2) is 45.7 Å². The number of benzene rings is 6. The lowest BCUT2D eigenvalue weighted by Crippen LogP contribution is -2.20. The van der Waals surface area contributed by atoms with Crippen molar-refractivity contribution in [1.29, 1.82) is 0 Å². The van der Waals surface area contributed by atoms with Crippen LogP contribution in [0.4, 0.5) is 11.6 Å². The number of nitrogens with zero attached hydrogens (tertiary/aromatic N) is 7. The number of rotatable bonds is 5. The van der Waals surface area contributed by atoms with E-state index in [-0.39, 0.29) is 0 Å². The second kappa shape index (κ2) is 14.3. The number of hydrogen-bond acceptors (Lipinski definition) is 4. The zero-order valence-electron chi connectivity index (χ0n) is 34.2. The first-order valence-corrected chi connectivity index (χ1v) is 20.2. The van der Waals surface area contributed by atoms with Crippen LogP contribution in [0.2, 0.25) is 0 Å². The van der Waals surface area contributed by atoms with Gasteiger partial charge < -0.3 is 15.2 Å². The number of allylic oxidation sites excluding steroid dienone is 2. The molecule has 8 heteroatoms. The van der Waals surface area contributed by atoms with Crippen molar-refractivity contribution in [3.05, 3.63) is 165 Å². The second-order valence-electron chi connectivity index (χ2n) is 15.6. The summed E-state index contributed by atoms with van der Waals surface area (Å²) in [5, 5.41) is 6.35. The predicted octanol–water partition coefficient (Wildman–Crippen LogP) is 10.6. The average molecular weight is 779 g/mol. The second-order valence-corrected chi connectivity index (χ2v) is 15.6. The Morgan fingerprint density at radius 2 is 1.32 bits per heavy atom. The van der Waals surface area contributed by atoms with Crippen molar-refractivity contribution in [1.82, 2.24) is 9.47 Å². The summed E-state index contributed by atoms with van der Waals surface area (Å²) in [6.45, 7) is 7.09. The molecule has 1 aromatic heterocycles. The molecule has 0 spiro atoms. The fraction of sp³-hybridized carbons (Fsp3) is 0.135. The Labute approximate surface area is 349 Å². The Balaban J connectivity index is 1.19. The number of aromatic nitrogens is 1. The molecule has 3 aliphatic rings. The minimum Gasteiger partial charge on any atom is -0.383 e. The molecule has 3 aliphatic heterocycles. The fourth-order valence-electron chi connectivity index (χ4n) is 8.79. The third kappa shape index (κ3) is 5.97. The smallest absolute Gasteiger partial charge is 0.164 e. The zero-order valence-corrected chi connectivity index (χ0v) is 34.2. The Kier molecular flexibility index (Phi) is 8.76. The Morgan fingerprint density at radius 1 is 0.717 bits per heavy atom. The van der Waals surface area contributed by atoms with Gasteiger partial charge in [0.05, 0.1) is 0 Å². The van der Waals surface area contributed by atoms with Crippen LogP contribution < -0.4 is 5.73 Å². The maximum absolute atomic E-state index is 6.56. The molecule has 0 fully saturated rings. The van der Waals surface area contributed by atoms with Gasteiger partial charge in [0, 0.05) is 59.2 Å². The van der Waals surface area contributed by atoms with E-state index in [1.54, 1.807) is 6.08 Å². The van der Waals surface area contributed by atoms with Crippen molar-refractivity contribution in [3.8, 4) is 12.3 Å². The number of nitrogens with two attached hydrogens (primary N) is 1. The van der Waals surface area contributed by atoms with Crippen LogP contribution >= 0.6 is 0 Å². The molecule has 60 heavy (non-hydrogen) atoms. The van der Waals surface area contributed by atoms with Gasteiger partial charge in [-0.25, -0.2) is 25.0 Å². The zero-order chi connectivity index (χ0) is 41.2. The SMILES string of the molecule is C#C/C=C\c1cc2c(cc1C)CN(C)C2=NC1=N/C(=N\c2c3cc4ccccc4cc3c(/N=C3\N=C(N)c4cc5ccccc5cc43)n2C)c2cc(CC)c(/C=C\C)cc21. The number of amidine groups is 5. The lowest BCUT2D eigenvalue weighted by Gasteiger charge is -2.13. The van der Waals surface area contributed by atoms with Gasteiger partial charge in [-0.2, -0.15) is 0 Å². The molecule has 0 atom stereocenters. The van der Waals surface area contributed by atoms with Crippen LogP contribution in [0, 0.1) is 19.3 Å². The molecule has 0 amide bonds. The molecule has 0 bridgehead atoms. The summed E-state index contributed by atoms with van der Waals surface area (Å²) in [5.41, 5.74) is 17.1. The molecule has 4 heterocycles. The number of aryl methyl sites for hydroxylation is 2. The monoisotopic (exact) mass is 778 g/mol. The molecule has 7 aromatic rings. The minimum atomic E-state index is 0.458. The van der Waals surface area contributed by atoms with Gasteiger partial charge in [0.15, 0.2) is 17.5 Å². The van der Waals surface area contributed by atoms with Gasteiger partial charge in [-0.1, -0.05) is 79.6 Å². The van der Waals surface area contributed by atoms with Crippen molar-refractivity contribution in [3.63, 3.8) is 0 Å². The summed E-state index contributed by atoms with van der Waals surface area (Å²) in [4.78, 5) is 28.4. The van der Waals surface area contributed by atoms with Gasteiger partial charge in [0.2, 0.25) is 0 Å². The van der Waals surface area contributed by atoms with Crippen LogP contribution in [0.25, 0.3) is 44.5 Å². The van der Waals surface area contributed by atoms with E-state index in [4.69, 9.17) is 37.1 Å². The summed E-state index contributed by atoms with van der Waals surface area (Å²) in [6.07, 6.45) is 14.4. The summed E-state index contributed by atoms with van der Waals surface area (Å²) in [7, 11) is 4.09. The predicted molar refractivity (Wildman–Crippen MR) is 252 cm³/mol. The van der Waals surface area contributed by atoms with E-state index in [0.717, 1.165) is 102 Å². The molecule has 0 aliphatic carbocycles. The topological polar surface area (TPSA) is 96.0 Å². The Morgan fingerprint density at radius 3 is 1.95 bits per heavy atom. The molecule has 6 aromatic carbocycles. The number of terminal acetylenes is 1. The highest BCUT2D eigenvalue weighted by Gasteiger charge is 2.30. The van der Waals surface area contributed by atoms with Gasteiger partial charge in [-0.05, 0) is 124 Å². The van der Waals surface area contributed by atoms with E-state index in [1.165, 1.54) is 16.7 Å². The maximum atomic E-state index is 6.56.